The van der Waals surface area contributed by atoms with Gasteiger partial charge in [0.1, 0.15) is 18.1 Å². The number of carbonyl (C=O) groups excluding carboxylic acids is 3. The molecule has 0 aliphatic carbocycles. The smallest absolute Gasteiger partial charge is 0.326 e. The molecule has 0 aliphatic heterocycles. The van der Waals surface area contributed by atoms with Crippen LogP contribution in [-0.4, -0.2) is 79.0 Å². The monoisotopic (exact) mass is 705 g/mol. The Morgan fingerprint density at radius 1 is 0.558 bits per heavy atom. The number of nitrogens with two attached hydrogens (primary N) is 1. The second-order valence-corrected chi connectivity index (χ2v) is 12.8. The zero-order valence-corrected chi connectivity index (χ0v) is 28.0. The SMILES string of the molecule is NC(Cc1c[nH]c2ccccc12)C(=O)NC(Cc1c[nH]c2ccccc12)C(=O)NC(Cc1c[nH]c2ccccc12)C(=O)NC(CCC(=O)O)C(=O)O. The molecular weight excluding hydrogens is 666 g/mol. The van der Waals surface area contributed by atoms with Gasteiger partial charge in [0.25, 0.3) is 0 Å². The summed E-state index contributed by atoms with van der Waals surface area (Å²) in [7, 11) is 0. The van der Waals surface area contributed by atoms with Gasteiger partial charge < -0.3 is 46.8 Å². The van der Waals surface area contributed by atoms with Crippen LogP contribution in [0.2, 0.25) is 0 Å². The molecule has 3 amide bonds. The predicted octanol–water partition coefficient (Wildman–Crippen LogP) is 2.89. The fraction of sp³-hybridized carbons (Fsp3) is 0.237. The van der Waals surface area contributed by atoms with Crippen molar-refractivity contribution in [3.05, 3.63) is 108 Å². The molecule has 3 heterocycles. The summed E-state index contributed by atoms with van der Waals surface area (Å²) in [6.45, 7) is 0. The molecule has 3 aromatic carbocycles. The number of aromatic amines is 3. The Morgan fingerprint density at radius 3 is 1.37 bits per heavy atom. The number of carboxylic acids is 2. The Labute approximate surface area is 297 Å². The second-order valence-electron chi connectivity index (χ2n) is 12.8. The Bertz CT molecular complexity index is 2250. The van der Waals surface area contributed by atoms with Crippen LogP contribution in [0, 0.1) is 0 Å². The molecule has 0 saturated carbocycles. The molecular formula is C38H39N7O7. The maximum Gasteiger partial charge on any atom is 0.326 e. The van der Waals surface area contributed by atoms with Crippen molar-refractivity contribution in [2.75, 3.05) is 0 Å². The zero-order chi connectivity index (χ0) is 36.8. The van der Waals surface area contributed by atoms with Crippen LogP contribution in [0.1, 0.15) is 29.5 Å². The highest BCUT2D eigenvalue weighted by molar-refractivity contribution is 5.96. The van der Waals surface area contributed by atoms with Crippen LogP contribution in [0.3, 0.4) is 0 Å². The minimum atomic E-state index is -1.52. The van der Waals surface area contributed by atoms with E-state index >= 15 is 0 Å². The van der Waals surface area contributed by atoms with Crippen LogP contribution in [0.5, 0.6) is 0 Å². The van der Waals surface area contributed by atoms with Crippen LogP contribution in [0.25, 0.3) is 32.7 Å². The number of benzene rings is 3. The Hall–Kier alpha value is -6.41. The van der Waals surface area contributed by atoms with E-state index < -0.39 is 60.2 Å². The number of hydrogen-bond acceptors (Lipinski definition) is 6. The number of carboxylic acid groups (broad SMARTS) is 2. The minimum Gasteiger partial charge on any atom is -0.481 e. The van der Waals surface area contributed by atoms with Gasteiger partial charge in [0.2, 0.25) is 17.7 Å². The van der Waals surface area contributed by atoms with Gasteiger partial charge in [-0.05, 0) is 47.7 Å². The lowest BCUT2D eigenvalue weighted by molar-refractivity contribution is -0.143. The van der Waals surface area contributed by atoms with E-state index in [9.17, 15) is 29.1 Å². The van der Waals surface area contributed by atoms with Crippen LogP contribution in [0.4, 0.5) is 0 Å². The molecule has 0 bridgehead atoms. The third-order valence-corrected chi connectivity index (χ3v) is 9.18. The molecule has 6 rings (SSSR count). The van der Waals surface area contributed by atoms with Crippen molar-refractivity contribution >= 4 is 62.4 Å². The van der Waals surface area contributed by atoms with Gasteiger partial charge in [-0.15, -0.1) is 0 Å². The normalized spacial score (nSPS) is 13.7. The number of carbonyl (C=O) groups is 5. The molecule has 0 aliphatic rings. The standard InChI is InChI=1S/C38H39N7O7/c39-27(15-21-18-40-28-10-4-1-7-24(21)28)35(48)44-32(16-22-19-41-29-11-5-2-8-25(22)29)37(50)45-33(17-23-20-42-30-12-6-3-9-26(23)30)36(49)43-31(38(51)52)13-14-34(46)47/h1-12,18-20,27,31-33,40-42H,13-17,39H2,(H,43,49)(H,44,48)(H,45,50)(H,46,47)(H,51,52). The first kappa shape index (κ1) is 35.4. The molecule has 14 heteroatoms. The molecule has 0 fully saturated rings. The molecule has 0 radical (unpaired) electrons. The fourth-order valence-electron chi connectivity index (χ4n) is 6.44. The predicted molar refractivity (Wildman–Crippen MR) is 194 cm³/mol. The Balaban J connectivity index is 1.27. The number of aromatic nitrogens is 3. The average Bonchev–Trinajstić information content (AvgIpc) is 3.86. The van der Waals surface area contributed by atoms with Gasteiger partial charge in [-0.1, -0.05) is 54.6 Å². The number of rotatable bonds is 16. The average molecular weight is 706 g/mol. The molecule has 14 nitrogen and oxygen atoms in total. The molecule has 0 spiro atoms. The van der Waals surface area contributed by atoms with E-state index in [1.807, 2.05) is 72.8 Å². The maximum absolute atomic E-state index is 14.2. The number of para-hydroxylation sites is 3. The molecule has 4 unspecified atom stereocenters. The third-order valence-electron chi connectivity index (χ3n) is 9.18. The van der Waals surface area contributed by atoms with Crippen molar-refractivity contribution in [1.82, 2.24) is 30.9 Å². The number of hydrogen-bond donors (Lipinski definition) is 9. The van der Waals surface area contributed by atoms with E-state index in [-0.39, 0.29) is 25.7 Å². The van der Waals surface area contributed by atoms with Gasteiger partial charge in [0, 0.05) is 70.6 Å². The lowest BCUT2D eigenvalue weighted by Crippen LogP contribution is -2.58. The minimum absolute atomic E-state index is 0.0409. The molecule has 0 saturated heterocycles. The van der Waals surface area contributed by atoms with E-state index in [0.29, 0.717) is 5.56 Å². The van der Waals surface area contributed by atoms with Crippen molar-refractivity contribution in [3.8, 4) is 0 Å². The summed E-state index contributed by atoms with van der Waals surface area (Å²) < 4.78 is 0. The van der Waals surface area contributed by atoms with Crippen molar-refractivity contribution in [2.45, 2.75) is 56.3 Å². The van der Waals surface area contributed by atoms with Crippen LogP contribution < -0.4 is 21.7 Å². The van der Waals surface area contributed by atoms with Crippen molar-refractivity contribution in [3.63, 3.8) is 0 Å². The molecule has 52 heavy (non-hydrogen) atoms. The quantitative estimate of drug-likeness (QED) is 0.0724. The van der Waals surface area contributed by atoms with Crippen molar-refractivity contribution in [2.24, 2.45) is 5.73 Å². The summed E-state index contributed by atoms with van der Waals surface area (Å²) in [5.74, 6) is -4.74. The van der Waals surface area contributed by atoms with Crippen molar-refractivity contribution < 1.29 is 34.2 Å². The third kappa shape index (κ3) is 8.13. The number of amides is 3. The lowest BCUT2D eigenvalue weighted by atomic mass is 10.00. The highest BCUT2D eigenvalue weighted by Gasteiger charge is 2.32. The van der Waals surface area contributed by atoms with Crippen LogP contribution in [-0.2, 0) is 43.2 Å². The number of H-pyrrole nitrogens is 3. The first-order valence-corrected chi connectivity index (χ1v) is 16.8. The summed E-state index contributed by atoms with van der Waals surface area (Å²) in [6.07, 6.45) is 4.58. The molecule has 6 aromatic rings. The molecule has 3 aromatic heterocycles. The van der Waals surface area contributed by atoms with Crippen LogP contribution in [0.15, 0.2) is 91.4 Å². The van der Waals surface area contributed by atoms with E-state index in [0.717, 1.165) is 43.8 Å². The first-order valence-electron chi connectivity index (χ1n) is 16.8. The first-order chi connectivity index (χ1) is 25.1. The Kier molecular flexibility index (Phi) is 10.7. The summed E-state index contributed by atoms with van der Waals surface area (Å²) in [5.41, 5.74) is 11.2. The van der Waals surface area contributed by atoms with Crippen LogP contribution >= 0.6 is 0 Å². The number of aliphatic carboxylic acids is 2. The summed E-state index contributed by atoms with van der Waals surface area (Å²) in [5, 5.41) is 29.4. The molecule has 268 valence electrons. The van der Waals surface area contributed by atoms with Gasteiger partial charge in [-0.3, -0.25) is 19.2 Å². The van der Waals surface area contributed by atoms with Gasteiger partial charge in [0.15, 0.2) is 0 Å². The second kappa shape index (κ2) is 15.6. The summed E-state index contributed by atoms with van der Waals surface area (Å²) in [4.78, 5) is 74.3. The molecule has 10 N–H and O–H groups in total. The Morgan fingerprint density at radius 2 is 0.942 bits per heavy atom. The van der Waals surface area contributed by atoms with E-state index in [1.54, 1.807) is 18.6 Å². The number of fused-ring (bicyclic) bond motifs is 3. The molecule has 4 atom stereocenters. The van der Waals surface area contributed by atoms with Gasteiger partial charge in [0.05, 0.1) is 6.04 Å². The van der Waals surface area contributed by atoms with E-state index in [1.165, 1.54) is 0 Å². The van der Waals surface area contributed by atoms with Gasteiger partial charge >= 0.3 is 11.9 Å². The van der Waals surface area contributed by atoms with E-state index in [4.69, 9.17) is 10.8 Å². The highest BCUT2D eigenvalue weighted by atomic mass is 16.4. The summed E-state index contributed by atoms with van der Waals surface area (Å²) >= 11 is 0. The fourth-order valence-corrected chi connectivity index (χ4v) is 6.44. The highest BCUT2D eigenvalue weighted by Crippen LogP contribution is 2.22. The maximum atomic E-state index is 14.2. The van der Waals surface area contributed by atoms with E-state index in [2.05, 4.69) is 30.9 Å². The number of nitrogens with one attached hydrogen (secondary N) is 6. The van der Waals surface area contributed by atoms with Gasteiger partial charge in [-0.2, -0.15) is 0 Å². The lowest BCUT2D eigenvalue weighted by Gasteiger charge is -2.25. The van der Waals surface area contributed by atoms with Gasteiger partial charge in [-0.25, -0.2) is 4.79 Å². The largest absolute Gasteiger partial charge is 0.481 e. The van der Waals surface area contributed by atoms with Crippen molar-refractivity contribution in [1.29, 1.82) is 0 Å². The topological polar surface area (TPSA) is 235 Å². The zero-order valence-electron chi connectivity index (χ0n) is 28.0. The summed E-state index contributed by atoms with van der Waals surface area (Å²) in [6, 6.07) is 17.5.